The number of amides is 1. The van der Waals surface area contributed by atoms with Crippen LogP contribution in [0.1, 0.15) is 15.2 Å². The van der Waals surface area contributed by atoms with Gasteiger partial charge in [0.2, 0.25) is 6.79 Å². The van der Waals surface area contributed by atoms with Crippen molar-refractivity contribution >= 4 is 38.9 Å². The number of hydrogen-bond acceptors (Lipinski definition) is 6. The minimum Gasteiger partial charge on any atom is -0.497 e. The van der Waals surface area contributed by atoms with Gasteiger partial charge in [0, 0.05) is 42.8 Å². The number of halogens is 1. The molecule has 2 aromatic carbocycles. The molecule has 0 bridgehead atoms. The number of fused-ring (bicyclic) bond motifs is 2. The van der Waals surface area contributed by atoms with Crippen LogP contribution in [0.5, 0.6) is 17.2 Å². The van der Waals surface area contributed by atoms with Gasteiger partial charge in [0.25, 0.3) is 5.91 Å². The molecule has 30 heavy (non-hydrogen) atoms. The molecule has 0 N–H and O–H groups in total. The fraction of sp³-hybridized carbons (Fsp3) is 0.318. The minimum absolute atomic E-state index is 0.00268. The summed E-state index contributed by atoms with van der Waals surface area (Å²) >= 11 is 8.00. The SMILES string of the molecule is COc1ccc2sc(C(=O)N3CCN(Cc4ccc5c(c4)OCO5)CC3)c(Cl)c2c1. The summed E-state index contributed by atoms with van der Waals surface area (Å²) in [5.74, 6) is 2.34. The molecular formula is C22H21ClN2O4S. The van der Waals surface area contributed by atoms with E-state index in [4.69, 9.17) is 25.8 Å². The maximum atomic E-state index is 13.1. The molecule has 3 heterocycles. The van der Waals surface area contributed by atoms with Crippen molar-refractivity contribution in [1.29, 1.82) is 0 Å². The van der Waals surface area contributed by atoms with Crippen molar-refractivity contribution in [3.63, 3.8) is 0 Å². The average Bonchev–Trinajstić information content (AvgIpc) is 3.37. The van der Waals surface area contributed by atoms with E-state index in [-0.39, 0.29) is 12.7 Å². The van der Waals surface area contributed by atoms with E-state index in [9.17, 15) is 4.79 Å². The van der Waals surface area contributed by atoms with Gasteiger partial charge in [-0.25, -0.2) is 0 Å². The lowest BCUT2D eigenvalue weighted by Crippen LogP contribution is -2.48. The Morgan fingerprint density at radius 1 is 1.10 bits per heavy atom. The Balaban J connectivity index is 1.25. The molecule has 1 fully saturated rings. The zero-order chi connectivity index (χ0) is 20.7. The molecule has 6 nitrogen and oxygen atoms in total. The van der Waals surface area contributed by atoms with Gasteiger partial charge < -0.3 is 19.1 Å². The highest BCUT2D eigenvalue weighted by atomic mass is 35.5. The topological polar surface area (TPSA) is 51.2 Å². The van der Waals surface area contributed by atoms with Crippen LogP contribution in [0.2, 0.25) is 5.02 Å². The molecule has 2 aliphatic rings. The molecule has 1 aromatic heterocycles. The van der Waals surface area contributed by atoms with E-state index in [0.29, 0.717) is 23.0 Å². The van der Waals surface area contributed by atoms with Gasteiger partial charge in [0.15, 0.2) is 11.5 Å². The number of methoxy groups -OCH3 is 1. The second-order valence-corrected chi connectivity index (χ2v) is 8.79. The molecule has 3 aromatic rings. The molecule has 8 heteroatoms. The van der Waals surface area contributed by atoms with Crippen molar-refractivity contribution in [3.05, 3.63) is 51.9 Å². The third-order valence-electron chi connectivity index (χ3n) is 5.53. The van der Waals surface area contributed by atoms with E-state index in [1.165, 1.54) is 16.9 Å². The predicted octanol–water partition coefficient (Wildman–Crippen LogP) is 4.25. The summed E-state index contributed by atoms with van der Waals surface area (Å²) in [6.07, 6.45) is 0. The third-order valence-corrected chi connectivity index (χ3v) is 7.19. The number of benzene rings is 2. The molecule has 0 saturated carbocycles. The van der Waals surface area contributed by atoms with Gasteiger partial charge in [-0.2, -0.15) is 0 Å². The van der Waals surface area contributed by atoms with Gasteiger partial charge >= 0.3 is 0 Å². The van der Waals surface area contributed by atoms with Crippen molar-refractivity contribution < 1.29 is 19.0 Å². The van der Waals surface area contributed by atoms with Crippen LogP contribution < -0.4 is 14.2 Å². The number of carbonyl (C=O) groups excluding carboxylic acids is 1. The molecule has 1 saturated heterocycles. The molecule has 0 radical (unpaired) electrons. The summed E-state index contributed by atoms with van der Waals surface area (Å²) in [5.41, 5.74) is 1.18. The summed E-state index contributed by atoms with van der Waals surface area (Å²) < 4.78 is 17.1. The molecule has 0 spiro atoms. The number of hydrogen-bond donors (Lipinski definition) is 0. The molecule has 0 atom stereocenters. The number of ether oxygens (including phenoxy) is 3. The molecule has 0 unspecified atom stereocenters. The monoisotopic (exact) mass is 444 g/mol. The van der Waals surface area contributed by atoms with Gasteiger partial charge in [-0.3, -0.25) is 9.69 Å². The van der Waals surface area contributed by atoms with Crippen LogP contribution in [0.3, 0.4) is 0 Å². The number of nitrogens with zero attached hydrogens (tertiary/aromatic N) is 2. The number of thiophene rings is 1. The Bertz CT molecular complexity index is 1110. The molecule has 0 aliphatic carbocycles. The Labute approximate surface area is 183 Å². The highest BCUT2D eigenvalue weighted by Gasteiger charge is 2.26. The van der Waals surface area contributed by atoms with Gasteiger partial charge in [-0.1, -0.05) is 17.7 Å². The largest absolute Gasteiger partial charge is 0.497 e. The van der Waals surface area contributed by atoms with E-state index in [0.717, 1.165) is 47.0 Å². The quantitative estimate of drug-likeness (QED) is 0.602. The van der Waals surface area contributed by atoms with E-state index in [1.807, 2.05) is 35.2 Å². The van der Waals surface area contributed by atoms with Crippen LogP contribution >= 0.6 is 22.9 Å². The number of piperazine rings is 1. The van der Waals surface area contributed by atoms with Crippen molar-refractivity contribution in [1.82, 2.24) is 9.80 Å². The fourth-order valence-corrected chi connectivity index (χ4v) is 5.31. The minimum atomic E-state index is 0.00268. The normalized spacial score (nSPS) is 16.3. The van der Waals surface area contributed by atoms with Crippen LogP contribution in [0.25, 0.3) is 10.1 Å². The van der Waals surface area contributed by atoms with Crippen LogP contribution in [0.15, 0.2) is 36.4 Å². The van der Waals surface area contributed by atoms with Crippen molar-refractivity contribution in [2.24, 2.45) is 0 Å². The van der Waals surface area contributed by atoms with Gasteiger partial charge in [0.1, 0.15) is 10.6 Å². The van der Waals surface area contributed by atoms with Gasteiger partial charge in [0.05, 0.1) is 12.1 Å². The lowest BCUT2D eigenvalue weighted by molar-refractivity contribution is 0.0633. The molecular weight excluding hydrogens is 424 g/mol. The first kappa shape index (κ1) is 19.5. The first-order valence-electron chi connectivity index (χ1n) is 9.78. The number of carbonyl (C=O) groups is 1. The van der Waals surface area contributed by atoms with Crippen molar-refractivity contribution in [2.75, 3.05) is 40.1 Å². The summed E-state index contributed by atoms with van der Waals surface area (Å²) in [4.78, 5) is 17.9. The maximum Gasteiger partial charge on any atom is 0.265 e. The lowest BCUT2D eigenvalue weighted by Gasteiger charge is -2.34. The summed E-state index contributed by atoms with van der Waals surface area (Å²) in [6.45, 7) is 4.09. The standard InChI is InChI=1S/C22H21ClN2O4S/c1-27-15-3-5-19-16(11-15)20(23)21(30-19)22(26)25-8-6-24(7-9-25)12-14-2-4-17-18(10-14)29-13-28-17/h2-5,10-11H,6-9,12-13H2,1H3. The first-order valence-corrected chi connectivity index (χ1v) is 11.0. The average molecular weight is 445 g/mol. The third kappa shape index (κ3) is 3.57. The van der Waals surface area contributed by atoms with Crippen LogP contribution in [-0.4, -0.2) is 55.8 Å². The van der Waals surface area contributed by atoms with E-state index >= 15 is 0 Å². The van der Waals surface area contributed by atoms with E-state index in [2.05, 4.69) is 11.0 Å². The predicted molar refractivity (Wildman–Crippen MR) is 117 cm³/mol. The van der Waals surface area contributed by atoms with Crippen LogP contribution in [-0.2, 0) is 6.54 Å². The Morgan fingerprint density at radius 2 is 1.90 bits per heavy atom. The maximum absolute atomic E-state index is 13.1. The highest BCUT2D eigenvalue weighted by Crippen LogP contribution is 2.38. The van der Waals surface area contributed by atoms with Gasteiger partial charge in [-0.15, -0.1) is 11.3 Å². The second kappa shape index (κ2) is 7.98. The summed E-state index contributed by atoms with van der Waals surface area (Å²) in [6, 6.07) is 11.8. The lowest BCUT2D eigenvalue weighted by atomic mass is 10.1. The second-order valence-electron chi connectivity index (χ2n) is 7.36. The van der Waals surface area contributed by atoms with Crippen LogP contribution in [0.4, 0.5) is 0 Å². The van der Waals surface area contributed by atoms with E-state index < -0.39 is 0 Å². The molecule has 5 rings (SSSR count). The molecule has 1 amide bonds. The smallest absolute Gasteiger partial charge is 0.265 e. The Kier molecular flexibility index (Phi) is 5.18. The first-order chi connectivity index (χ1) is 14.6. The zero-order valence-corrected chi connectivity index (χ0v) is 18.1. The highest BCUT2D eigenvalue weighted by molar-refractivity contribution is 7.21. The van der Waals surface area contributed by atoms with Crippen molar-refractivity contribution in [3.8, 4) is 17.2 Å². The Hall–Kier alpha value is -2.48. The van der Waals surface area contributed by atoms with Gasteiger partial charge in [-0.05, 0) is 35.9 Å². The molecule has 156 valence electrons. The van der Waals surface area contributed by atoms with Crippen LogP contribution in [0, 0.1) is 0 Å². The molecule has 2 aliphatic heterocycles. The fourth-order valence-electron chi connectivity index (χ4n) is 3.86. The zero-order valence-electron chi connectivity index (χ0n) is 16.5. The number of rotatable bonds is 4. The summed E-state index contributed by atoms with van der Waals surface area (Å²) in [7, 11) is 1.62. The summed E-state index contributed by atoms with van der Waals surface area (Å²) in [5, 5.41) is 1.38. The Morgan fingerprint density at radius 3 is 2.70 bits per heavy atom. The van der Waals surface area contributed by atoms with E-state index in [1.54, 1.807) is 7.11 Å². The van der Waals surface area contributed by atoms with Crippen molar-refractivity contribution in [2.45, 2.75) is 6.54 Å².